The van der Waals surface area contributed by atoms with Crippen LogP contribution in [0.2, 0.25) is 0 Å². The van der Waals surface area contributed by atoms with Crippen LogP contribution in [0.3, 0.4) is 0 Å². The van der Waals surface area contributed by atoms with Gasteiger partial charge in [0.25, 0.3) is 0 Å². The smallest absolute Gasteiger partial charge is 0.450 e. The van der Waals surface area contributed by atoms with Crippen molar-refractivity contribution in [2.75, 3.05) is 14.2 Å². The molecule has 0 fully saturated rings. The predicted octanol–water partition coefficient (Wildman–Crippen LogP) is 6.87. The Balaban J connectivity index is 1.60. The van der Waals surface area contributed by atoms with Crippen LogP contribution >= 0.6 is 0 Å². The van der Waals surface area contributed by atoms with Crippen LogP contribution in [0, 0.1) is 0 Å². The lowest BCUT2D eigenvalue weighted by atomic mass is 10.0. The summed E-state index contributed by atoms with van der Waals surface area (Å²) in [5.74, 6) is -1.84. The third kappa shape index (κ3) is 4.43. The van der Waals surface area contributed by atoms with Crippen LogP contribution in [0.1, 0.15) is 16.1 Å². The van der Waals surface area contributed by atoms with E-state index in [2.05, 4.69) is 0 Å². The average Bonchev–Trinajstić information content (AvgIpc) is 2.91. The summed E-state index contributed by atoms with van der Waals surface area (Å²) in [7, 11) is 2.71. The van der Waals surface area contributed by atoms with Crippen LogP contribution in [-0.4, -0.2) is 20.2 Å². The molecular weight excluding hydrogens is 501 g/mol. The topological polar surface area (TPSA) is 75.0 Å². The summed E-state index contributed by atoms with van der Waals surface area (Å²) >= 11 is 0. The highest BCUT2D eigenvalue weighted by Crippen LogP contribution is 2.40. The number of hydrogen-bond acceptors (Lipinski definition) is 6. The first-order chi connectivity index (χ1) is 18.2. The van der Waals surface area contributed by atoms with Gasteiger partial charge in [0.2, 0.25) is 11.2 Å². The zero-order chi connectivity index (χ0) is 27.0. The van der Waals surface area contributed by atoms with Crippen molar-refractivity contribution >= 4 is 27.7 Å². The molecule has 1 aromatic heterocycles. The summed E-state index contributed by atoms with van der Waals surface area (Å²) in [4.78, 5) is 26.2. The number of halogens is 3. The molecule has 0 radical (unpaired) electrons. The fraction of sp³-hybridized carbons (Fsp3) is 0.103. The van der Waals surface area contributed by atoms with Gasteiger partial charge in [-0.2, -0.15) is 13.2 Å². The molecule has 0 N–H and O–H groups in total. The van der Waals surface area contributed by atoms with Gasteiger partial charge in [0.15, 0.2) is 11.5 Å². The van der Waals surface area contributed by atoms with Crippen LogP contribution in [0.5, 0.6) is 17.2 Å². The minimum Gasteiger partial charge on any atom is -0.493 e. The summed E-state index contributed by atoms with van der Waals surface area (Å²) in [6, 6.07) is 20.0. The molecule has 0 aliphatic rings. The van der Waals surface area contributed by atoms with Crippen LogP contribution in [-0.2, 0) is 6.18 Å². The molecular formula is C29H19F3O6. The lowest BCUT2D eigenvalue weighted by Gasteiger charge is -2.15. The van der Waals surface area contributed by atoms with E-state index in [1.165, 1.54) is 44.6 Å². The van der Waals surface area contributed by atoms with Gasteiger partial charge in [-0.05, 0) is 46.7 Å². The van der Waals surface area contributed by atoms with Gasteiger partial charge in [-0.25, -0.2) is 4.79 Å². The first kappa shape index (κ1) is 24.9. The maximum absolute atomic E-state index is 14.1. The molecule has 0 aliphatic heterocycles. The van der Waals surface area contributed by atoms with Crippen LogP contribution < -0.4 is 19.6 Å². The van der Waals surface area contributed by atoms with Crippen LogP contribution in [0.4, 0.5) is 13.2 Å². The molecule has 192 valence electrons. The van der Waals surface area contributed by atoms with E-state index in [0.717, 1.165) is 11.5 Å². The second kappa shape index (κ2) is 9.59. The van der Waals surface area contributed by atoms with E-state index < -0.39 is 28.9 Å². The van der Waals surface area contributed by atoms with Crippen molar-refractivity contribution in [3.63, 3.8) is 0 Å². The summed E-state index contributed by atoms with van der Waals surface area (Å²) in [5, 5.41) is 1.36. The second-order valence-corrected chi connectivity index (χ2v) is 8.28. The van der Waals surface area contributed by atoms with Gasteiger partial charge in [-0.1, -0.05) is 42.5 Å². The van der Waals surface area contributed by atoms with E-state index in [0.29, 0.717) is 5.39 Å². The van der Waals surface area contributed by atoms with Gasteiger partial charge in [0.05, 0.1) is 30.7 Å². The Bertz CT molecular complexity index is 1750. The fourth-order valence-electron chi connectivity index (χ4n) is 4.26. The van der Waals surface area contributed by atoms with Crippen molar-refractivity contribution in [2.45, 2.75) is 6.18 Å². The third-order valence-electron chi connectivity index (χ3n) is 6.01. The van der Waals surface area contributed by atoms with E-state index in [-0.39, 0.29) is 39.3 Å². The first-order valence-corrected chi connectivity index (χ1v) is 11.3. The standard InChI is InChI=1S/C29H19F3O6/c1-35-22-13-10-17(14-24(22)36-2)25-26(33)21-12-11-18(15-23(21)38-27(25)29(30,31)32)37-28(34)20-9-5-7-16-6-3-4-8-19(16)20/h3-15H,1-2H3. The monoisotopic (exact) mass is 520 g/mol. The van der Waals surface area contributed by atoms with E-state index in [9.17, 15) is 22.8 Å². The molecule has 5 rings (SSSR count). The fourth-order valence-corrected chi connectivity index (χ4v) is 4.26. The molecule has 0 atom stereocenters. The normalized spacial score (nSPS) is 11.5. The van der Waals surface area contributed by atoms with Gasteiger partial charge in [0, 0.05) is 6.07 Å². The number of rotatable bonds is 5. The number of benzene rings is 4. The summed E-state index contributed by atoms with van der Waals surface area (Å²) in [5.41, 5.74) is -1.74. The number of alkyl halides is 3. The molecule has 0 unspecified atom stereocenters. The van der Waals surface area contributed by atoms with Gasteiger partial charge in [-0.3, -0.25) is 4.79 Å². The zero-order valence-corrected chi connectivity index (χ0v) is 20.1. The van der Waals surface area contributed by atoms with E-state index in [4.69, 9.17) is 18.6 Å². The Hall–Kier alpha value is -4.79. The largest absolute Gasteiger partial charge is 0.493 e. The van der Waals surface area contributed by atoms with Gasteiger partial charge in [-0.15, -0.1) is 0 Å². The van der Waals surface area contributed by atoms with E-state index in [1.54, 1.807) is 24.3 Å². The maximum atomic E-state index is 14.1. The molecule has 1 heterocycles. The lowest BCUT2D eigenvalue weighted by Crippen LogP contribution is -2.16. The Morgan fingerprint density at radius 2 is 1.55 bits per heavy atom. The van der Waals surface area contributed by atoms with Crippen LogP contribution in [0.25, 0.3) is 32.9 Å². The Labute approximate surface area is 213 Å². The molecule has 9 heteroatoms. The van der Waals surface area contributed by atoms with Gasteiger partial charge < -0.3 is 18.6 Å². The number of carbonyl (C=O) groups is 1. The minimum absolute atomic E-state index is 0.0583. The molecule has 0 spiro atoms. The van der Waals surface area contributed by atoms with Gasteiger partial charge in [0.1, 0.15) is 11.3 Å². The first-order valence-electron chi connectivity index (χ1n) is 11.3. The molecule has 0 saturated carbocycles. The summed E-state index contributed by atoms with van der Waals surface area (Å²) in [6.45, 7) is 0. The molecule has 38 heavy (non-hydrogen) atoms. The Morgan fingerprint density at radius 1 is 0.816 bits per heavy atom. The zero-order valence-electron chi connectivity index (χ0n) is 20.1. The Morgan fingerprint density at radius 3 is 2.29 bits per heavy atom. The van der Waals surface area contributed by atoms with Crippen molar-refractivity contribution in [3.05, 3.63) is 100 Å². The highest BCUT2D eigenvalue weighted by atomic mass is 19.4. The van der Waals surface area contributed by atoms with Crippen molar-refractivity contribution in [1.82, 2.24) is 0 Å². The van der Waals surface area contributed by atoms with Crippen molar-refractivity contribution in [1.29, 1.82) is 0 Å². The quantitative estimate of drug-likeness (QED) is 0.186. The Kier molecular flexibility index (Phi) is 6.28. The molecule has 4 aromatic carbocycles. The molecule has 0 bridgehead atoms. The molecule has 0 saturated heterocycles. The summed E-state index contributed by atoms with van der Waals surface area (Å²) < 4.78 is 63.2. The lowest BCUT2D eigenvalue weighted by molar-refractivity contribution is -0.152. The number of hydrogen-bond donors (Lipinski definition) is 0. The SMILES string of the molecule is COc1ccc(-c2c(C(F)(F)F)oc3cc(OC(=O)c4cccc5ccccc45)ccc3c2=O)cc1OC. The van der Waals surface area contributed by atoms with Crippen molar-refractivity contribution in [3.8, 4) is 28.4 Å². The number of ether oxygens (including phenoxy) is 3. The van der Waals surface area contributed by atoms with Crippen molar-refractivity contribution in [2.24, 2.45) is 0 Å². The minimum atomic E-state index is -4.99. The second-order valence-electron chi connectivity index (χ2n) is 8.28. The van der Waals surface area contributed by atoms with Crippen molar-refractivity contribution < 1.29 is 36.6 Å². The van der Waals surface area contributed by atoms with E-state index >= 15 is 0 Å². The van der Waals surface area contributed by atoms with E-state index in [1.807, 2.05) is 18.2 Å². The number of carbonyl (C=O) groups excluding carboxylic acids is 1. The number of methoxy groups -OCH3 is 2. The predicted molar refractivity (Wildman–Crippen MR) is 135 cm³/mol. The molecule has 6 nitrogen and oxygen atoms in total. The third-order valence-corrected chi connectivity index (χ3v) is 6.01. The molecule has 0 aliphatic carbocycles. The highest BCUT2D eigenvalue weighted by molar-refractivity contribution is 6.05. The molecule has 5 aromatic rings. The summed E-state index contributed by atoms with van der Waals surface area (Å²) in [6.07, 6.45) is -4.99. The van der Waals surface area contributed by atoms with Gasteiger partial charge >= 0.3 is 12.1 Å². The van der Waals surface area contributed by atoms with Crippen LogP contribution in [0.15, 0.2) is 88.1 Å². The average molecular weight is 520 g/mol. The number of esters is 1. The number of fused-ring (bicyclic) bond motifs is 2. The highest BCUT2D eigenvalue weighted by Gasteiger charge is 2.39. The maximum Gasteiger partial charge on any atom is 0.450 e. The molecule has 0 amide bonds.